The highest BCUT2D eigenvalue weighted by atomic mass is 16.2. The van der Waals surface area contributed by atoms with E-state index in [0.717, 1.165) is 11.1 Å². The van der Waals surface area contributed by atoms with Crippen molar-refractivity contribution < 1.29 is 14.4 Å². The van der Waals surface area contributed by atoms with Crippen molar-refractivity contribution in [2.45, 2.75) is 19.4 Å². The molecule has 0 bridgehead atoms. The Kier molecular flexibility index (Phi) is 7.88. The normalized spacial score (nSPS) is 11.2. The number of amides is 3. The summed E-state index contributed by atoms with van der Waals surface area (Å²) in [6.07, 6.45) is 0.308. The first-order valence-corrected chi connectivity index (χ1v) is 11.7. The van der Waals surface area contributed by atoms with Gasteiger partial charge in [0.25, 0.3) is 11.8 Å². The van der Waals surface area contributed by atoms with Crippen molar-refractivity contribution in [3.8, 4) is 0 Å². The summed E-state index contributed by atoms with van der Waals surface area (Å²) in [7, 11) is 0. The molecular weight excluding hydrogens is 450 g/mol. The van der Waals surface area contributed by atoms with Gasteiger partial charge in [0.1, 0.15) is 6.04 Å². The molecule has 36 heavy (non-hydrogen) atoms. The van der Waals surface area contributed by atoms with Crippen LogP contribution in [0.3, 0.4) is 0 Å². The second-order valence-corrected chi connectivity index (χ2v) is 8.44. The Hall–Kier alpha value is -4.71. The quantitative estimate of drug-likeness (QED) is 0.325. The number of para-hydroxylation sites is 1. The minimum atomic E-state index is -0.835. The van der Waals surface area contributed by atoms with Gasteiger partial charge in [0.05, 0.1) is 11.3 Å². The molecular formula is C30H27N3O3. The van der Waals surface area contributed by atoms with Crippen LogP contribution < -0.4 is 16.0 Å². The van der Waals surface area contributed by atoms with Crippen LogP contribution in [0.25, 0.3) is 0 Å². The maximum Gasteiger partial charge on any atom is 0.255 e. The van der Waals surface area contributed by atoms with E-state index in [1.54, 1.807) is 54.6 Å². The summed E-state index contributed by atoms with van der Waals surface area (Å²) in [5.74, 6) is -1.11. The SMILES string of the molecule is Cc1cccc(NC(=O)C(Cc2ccccc2)NC(=O)c2ccccc2NC(=O)c2ccccc2)c1. The number of hydrogen-bond donors (Lipinski definition) is 3. The molecule has 3 N–H and O–H groups in total. The van der Waals surface area contributed by atoms with Crippen LogP contribution in [0.5, 0.6) is 0 Å². The second-order valence-electron chi connectivity index (χ2n) is 8.44. The highest BCUT2D eigenvalue weighted by Crippen LogP contribution is 2.18. The highest BCUT2D eigenvalue weighted by molar-refractivity contribution is 6.10. The summed E-state index contributed by atoms with van der Waals surface area (Å²) in [6, 6.07) is 31.6. The van der Waals surface area contributed by atoms with E-state index in [9.17, 15) is 14.4 Å². The molecule has 0 aromatic heterocycles. The molecule has 6 heteroatoms. The highest BCUT2D eigenvalue weighted by Gasteiger charge is 2.24. The standard InChI is InChI=1S/C30H27N3O3/c1-21-11-10-16-24(19-21)31-30(36)27(20-22-12-4-2-5-13-22)33-29(35)25-17-8-9-18-26(25)32-28(34)23-14-6-3-7-15-23/h2-19,27H,20H2,1H3,(H,31,36)(H,32,34)(H,33,35). The summed E-state index contributed by atoms with van der Waals surface area (Å²) in [5, 5.41) is 8.58. The molecule has 0 aliphatic carbocycles. The van der Waals surface area contributed by atoms with Crippen LogP contribution in [0, 0.1) is 6.92 Å². The summed E-state index contributed by atoms with van der Waals surface area (Å²) in [4.78, 5) is 39.3. The fraction of sp³-hybridized carbons (Fsp3) is 0.100. The first kappa shape index (κ1) is 24.4. The predicted octanol–water partition coefficient (Wildman–Crippen LogP) is 5.23. The largest absolute Gasteiger partial charge is 0.340 e. The smallest absolute Gasteiger partial charge is 0.255 e. The number of rotatable bonds is 8. The maximum absolute atomic E-state index is 13.4. The van der Waals surface area contributed by atoms with Gasteiger partial charge in [-0.1, -0.05) is 72.8 Å². The zero-order valence-electron chi connectivity index (χ0n) is 19.9. The van der Waals surface area contributed by atoms with Crippen molar-refractivity contribution in [3.63, 3.8) is 0 Å². The van der Waals surface area contributed by atoms with E-state index in [4.69, 9.17) is 0 Å². The van der Waals surface area contributed by atoms with Crippen LogP contribution in [0.4, 0.5) is 11.4 Å². The summed E-state index contributed by atoms with van der Waals surface area (Å²) >= 11 is 0. The van der Waals surface area contributed by atoms with E-state index in [0.29, 0.717) is 23.4 Å². The molecule has 0 aliphatic heterocycles. The first-order valence-electron chi connectivity index (χ1n) is 11.7. The van der Waals surface area contributed by atoms with Crippen molar-refractivity contribution in [3.05, 3.63) is 131 Å². The third-order valence-electron chi connectivity index (χ3n) is 5.65. The van der Waals surface area contributed by atoms with E-state index < -0.39 is 11.9 Å². The summed E-state index contributed by atoms with van der Waals surface area (Å²) in [5.41, 5.74) is 3.69. The molecule has 3 amide bonds. The van der Waals surface area contributed by atoms with Crippen LogP contribution in [0.15, 0.2) is 109 Å². The number of anilines is 2. The van der Waals surface area contributed by atoms with Crippen LogP contribution in [-0.2, 0) is 11.2 Å². The molecule has 0 fully saturated rings. The second kappa shape index (κ2) is 11.6. The molecule has 0 saturated carbocycles. The first-order chi connectivity index (χ1) is 17.5. The molecule has 1 atom stereocenters. The van der Waals surface area contributed by atoms with E-state index >= 15 is 0 Å². The molecule has 4 aromatic rings. The van der Waals surface area contributed by atoms with Gasteiger partial charge < -0.3 is 16.0 Å². The minimum Gasteiger partial charge on any atom is -0.340 e. The number of hydrogen-bond acceptors (Lipinski definition) is 3. The van der Waals surface area contributed by atoms with Gasteiger partial charge in [-0.25, -0.2) is 0 Å². The van der Waals surface area contributed by atoms with Gasteiger partial charge in [-0.3, -0.25) is 14.4 Å². The van der Waals surface area contributed by atoms with E-state index in [1.807, 2.05) is 61.5 Å². The average molecular weight is 478 g/mol. The monoisotopic (exact) mass is 477 g/mol. The van der Waals surface area contributed by atoms with E-state index in [1.165, 1.54) is 0 Å². The number of aryl methyl sites for hydroxylation is 1. The zero-order chi connectivity index (χ0) is 25.3. The van der Waals surface area contributed by atoms with Crippen molar-refractivity contribution in [2.75, 3.05) is 10.6 Å². The average Bonchev–Trinajstić information content (AvgIpc) is 2.89. The fourth-order valence-corrected chi connectivity index (χ4v) is 3.82. The van der Waals surface area contributed by atoms with Gasteiger partial charge in [0.15, 0.2) is 0 Å². The summed E-state index contributed by atoms with van der Waals surface area (Å²) < 4.78 is 0. The molecule has 0 spiro atoms. The third-order valence-corrected chi connectivity index (χ3v) is 5.65. The number of nitrogens with one attached hydrogen (secondary N) is 3. The molecule has 180 valence electrons. The van der Waals surface area contributed by atoms with Gasteiger partial charge in [-0.05, 0) is 54.4 Å². The van der Waals surface area contributed by atoms with Crippen molar-refractivity contribution in [1.29, 1.82) is 0 Å². The number of carbonyl (C=O) groups excluding carboxylic acids is 3. The Morgan fingerprint density at radius 3 is 2.08 bits per heavy atom. The van der Waals surface area contributed by atoms with Crippen LogP contribution in [-0.4, -0.2) is 23.8 Å². The third kappa shape index (κ3) is 6.45. The van der Waals surface area contributed by atoms with Gasteiger partial charge in [0.2, 0.25) is 5.91 Å². The van der Waals surface area contributed by atoms with Crippen molar-refractivity contribution in [2.24, 2.45) is 0 Å². The molecule has 0 heterocycles. The van der Waals surface area contributed by atoms with Gasteiger partial charge in [-0.2, -0.15) is 0 Å². The van der Waals surface area contributed by atoms with Gasteiger partial charge in [-0.15, -0.1) is 0 Å². The fourth-order valence-electron chi connectivity index (χ4n) is 3.82. The summed E-state index contributed by atoms with van der Waals surface area (Å²) in [6.45, 7) is 1.94. The zero-order valence-corrected chi connectivity index (χ0v) is 19.9. The number of benzene rings is 4. The maximum atomic E-state index is 13.4. The topological polar surface area (TPSA) is 87.3 Å². The van der Waals surface area contributed by atoms with Gasteiger partial charge in [0, 0.05) is 17.7 Å². The van der Waals surface area contributed by atoms with Crippen LogP contribution in [0.1, 0.15) is 31.8 Å². The van der Waals surface area contributed by atoms with Crippen LogP contribution >= 0.6 is 0 Å². The lowest BCUT2D eigenvalue weighted by molar-refractivity contribution is -0.118. The minimum absolute atomic E-state index is 0.267. The predicted molar refractivity (Wildman–Crippen MR) is 142 cm³/mol. The lowest BCUT2D eigenvalue weighted by Gasteiger charge is -2.20. The van der Waals surface area contributed by atoms with Crippen molar-refractivity contribution in [1.82, 2.24) is 5.32 Å². The molecule has 0 saturated heterocycles. The Labute approximate surface area is 210 Å². The van der Waals surface area contributed by atoms with Crippen molar-refractivity contribution >= 4 is 29.1 Å². The van der Waals surface area contributed by atoms with E-state index in [-0.39, 0.29) is 17.4 Å². The Morgan fingerprint density at radius 2 is 1.36 bits per heavy atom. The molecule has 6 nitrogen and oxygen atoms in total. The Balaban J connectivity index is 1.55. The lowest BCUT2D eigenvalue weighted by atomic mass is 10.0. The van der Waals surface area contributed by atoms with Gasteiger partial charge >= 0.3 is 0 Å². The molecule has 4 rings (SSSR count). The lowest BCUT2D eigenvalue weighted by Crippen LogP contribution is -2.45. The molecule has 1 unspecified atom stereocenters. The molecule has 0 radical (unpaired) electrons. The number of carbonyl (C=O) groups is 3. The van der Waals surface area contributed by atoms with E-state index in [2.05, 4.69) is 16.0 Å². The molecule has 0 aliphatic rings. The molecule has 4 aromatic carbocycles. The Bertz CT molecular complexity index is 1350. The Morgan fingerprint density at radius 1 is 0.694 bits per heavy atom. The van der Waals surface area contributed by atoms with Crippen LogP contribution in [0.2, 0.25) is 0 Å².